The Morgan fingerprint density at radius 3 is 2.25 bits per heavy atom. The van der Waals surface area contributed by atoms with Crippen molar-refractivity contribution in [2.75, 3.05) is 0 Å². The zero-order valence-corrected chi connectivity index (χ0v) is 18.6. The van der Waals surface area contributed by atoms with Crippen molar-refractivity contribution < 1.29 is 29.3 Å². The third-order valence-corrected chi connectivity index (χ3v) is 6.23. The van der Waals surface area contributed by atoms with Gasteiger partial charge in [0.25, 0.3) is 0 Å². The lowest BCUT2D eigenvalue weighted by molar-refractivity contribution is -0.155. The SMILES string of the molecule is CCC(C)OC(=O)C[C@H](O)C(C)(C)C(=O)[C@H](C)[C@@H](O)[C@@H](C)CCC[C@H]1O[C@H]1C. The second-order valence-electron chi connectivity index (χ2n) is 9.08. The maximum Gasteiger partial charge on any atom is 0.308 e. The summed E-state index contributed by atoms with van der Waals surface area (Å²) in [5.74, 6) is -1.41. The van der Waals surface area contributed by atoms with Crippen molar-refractivity contribution in [1.82, 2.24) is 0 Å². The molecule has 164 valence electrons. The Hall–Kier alpha value is -0.980. The van der Waals surface area contributed by atoms with Crippen LogP contribution in [0.25, 0.3) is 0 Å². The smallest absolute Gasteiger partial charge is 0.308 e. The van der Waals surface area contributed by atoms with Crippen LogP contribution in [-0.4, -0.2) is 52.5 Å². The van der Waals surface area contributed by atoms with Crippen molar-refractivity contribution in [3.8, 4) is 0 Å². The predicted molar refractivity (Wildman–Crippen MR) is 108 cm³/mol. The second-order valence-corrected chi connectivity index (χ2v) is 9.08. The molecule has 1 unspecified atom stereocenters. The molecule has 1 fully saturated rings. The predicted octanol–water partition coefficient (Wildman–Crippen LogP) is 3.27. The summed E-state index contributed by atoms with van der Waals surface area (Å²) in [4.78, 5) is 24.9. The van der Waals surface area contributed by atoms with Crippen molar-refractivity contribution in [2.24, 2.45) is 17.3 Å². The molecule has 1 aliphatic rings. The molecule has 28 heavy (non-hydrogen) atoms. The van der Waals surface area contributed by atoms with E-state index in [9.17, 15) is 19.8 Å². The number of rotatable bonds is 13. The van der Waals surface area contributed by atoms with Crippen LogP contribution in [0.4, 0.5) is 0 Å². The van der Waals surface area contributed by atoms with E-state index in [1.807, 2.05) is 13.8 Å². The molecule has 6 heteroatoms. The van der Waals surface area contributed by atoms with E-state index in [-0.39, 0.29) is 24.2 Å². The van der Waals surface area contributed by atoms with Crippen molar-refractivity contribution >= 4 is 11.8 Å². The largest absolute Gasteiger partial charge is 0.463 e. The van der Waals surface area contributed by atoms with Crippen molar-refractivity contribution in [3.05, 3.63) is 0 Å². The number of aliphatic hydroxyl groups is 2. The highest BCUT2D eigenvalue weighted by molar-refractivity contribution is 5.87. The average molecular weight is 401 g/mol. The molecular formula is C22H40O6. The van der Waals surface area contributed by atoms with Gasteiger partial charge in [-0.2, -0.15) is 0 Å². The first-order chi connectivity index (χ1) is 12.9. The number of hydrogen-bond acceptors (Lipinski definition) is 6. The summed E-state index contributed by atoms with van der Waals surface area (Å²) in [6.07, 6.45) is 1.71. The van der Waals surface area contributed by atoms with Crippen LogP contribution in [0.5, 0.6) is 0 Å². The van der Waals surface area contributed by atoms with Gasteiger partial charge < -0.3 is 19.7 Å². The first-order valence-electron chi connectivity index (χ1n) is 10.7. The zero-order valence-electron chi connectivity index (χ0n) is 18.6. The third-order valence-electron chi connectivity index (χ3n) is 6.23. The van der Waals surface area contributed by atoms with Gasteiger partial charge in [-0.25, -0.2) is 0 Å². The lowest BCUT2D eigenvalue weighted by Gasteiger charge is -2.34. The normalized spacial score (nSPS) is 24.8. The van der Waals surface area contributed by atoms with Crippen LogP contribution < -0.4 is 0 Å². The van der Waals surface area contributed by atoms with E-state index in [2.05, 4.69) is 6.92 Å². The van der Waals surface area contributed by atoms with Gasteiger partial charge in [-0.1, -0.05) is 41.0 Å². The molecule has 2 N–H and O–H groups in total. The molecule has 0 amide bonds. The molecule has 0 bridgehead atoms. The van der Waals surface area contributed by atoms with Crippen LogP contribution in [0.1, 0.15) is 80.6 Å². The summed E-state index contributed by atoms with van der Waals surface area (Å²) in [7, 11) is 0. The summed E-state index contributed by atoms with van der Waals surface area (Å²) >= 11 is 0. The number of epoxide rings is 1. The minimum atomic E-state index is -1.16. The van der Waals surface area contributed by atoms with Gasteiger partial charge in [0.2, 0.25) is 0 Å². The molecule has 0 aromatic carbocycles. The fourth-order valence-corrected chi connectivity index (χ4v) is 3.51. The number of ether oxygens (including phenoxy) is 2. The number of hydrogen-bond donors (Lipinski definition) is 2. The van der Waals surface area contributed by atoms with Crippen LogP contribution in [0, 0.1) is 17.3 Å². The Balaban J connectivity index is 2.55. The lowest BCUT2D eigenvalue weighted by Crippen LogP contribution is -2.45. The highest BCUT2D eigenvalue weighted by Crippen LogP contribution is 2.32. The lowest BCUT2D eigenvalue weighted by atomic mass is 9.73. The number of esters is 1. The quantitative estimate of drug-likeness (QED) is 0.364. The first-order valence-corrected chi connectivity index (χ1v) is 10.7. The van der Waals surface area contributed by atoms with Crippen molar-refractivity contribution in [2.45, 2.75) is 111 Å². The van der Waals surface area contributed by atoms with E-state index in [0.29, 0.717) is 18.6 Å². The molecule has 7 atom stereocenters. The minimum Gasteiger partial charge on any atom is -0.463 e. The molecule has 0 spiro atoms. The minimum absolute atomic E-state index is 0.0312. The molecule has 0 aromatic heterocycles. The van der Waals surface area contributed by atoms with Crippen LogP contribution in [0.2, 0.25) is 0 Å². The Labute approximate surface area is 170 Å². The molecule has 0 aromatic rings. The highest BCUT2D eigenvalue weighted by atomic mass is 16.6. The molecule has 1 rings (SSSR count). The molecule has 0 radical (unpaired) electrons. The van der Waals surface area contributed by atoms with Gasteiger partial charge in [-0.05, 0) is 39.0 Å². The van der Waals surface area contributed by atoms with Gasteiger partial charge >= 0.3 is 5.97 Å². The molecule has 6 nitrogen and oxygen atoms in total. The van der Waals surface area contributed by atoms with Gasteiger partial charge in [-0.3, -0.25) is 9.59 Å². The van der Waals surface area contributed by atoms with Crippen LogP contribution in [-0.2, 0) is 19.1 Å². The Kier molecular flexibility index (Phi) is 9.57. The molecule has 0 aliphatic carbocycles. The van der Waals surface area contributed by atoms with E-state index in [1.165, 1.54) is 0 Å². The van der Waals surface area contributed by atoms with E-state index in [0.717, 1.165) is 19.3 Å². The topological polar surface area (TPSA) is 96.4 Å². The van der Waals surface area contributed by atoms with E-state index < -0.39 is 29.5 Å². The fraction of sp³-hybridized carbons (Fsp3) is 0.909. The summed E-state index contributed by atoms with van der Waals surface area (Å²) in [5, 5.41) is 21.1. The van der Waals surface area contributed by atoms with Crippen LogP contribution in [0.15, 0.2) is 0 Å². The molecule has 1 aliphatic heterocycles. The van der Waals surface area contributed by atoms with Gasteiger partial charge in [0.05, 0.1) is 42.4 Å². The number of ketones is 1. The monoisotopic (exact) mass is 400 g/mol. The van der Waals surface area contributed by atoms with Gasteiger partial charge in [-0.15, -0.1) is 0 Å². The van der Waals surface area contributed by atoms with Crippen molar-refractivity contribution in [3.63, 3.8) is 0 Å². The number of carbonyl (C=O) groups excluding carboxylic acids is 2. The Bertz CT molecular complexity index is 517. The van der Waals surface area contributed by atoms with Crippen LogP contribution in [0.3, 0.4) is 0 Å². The number of aliphatic hydroxyl groups excluding tert-OH is 2. The van der Waals surface area contributed by atoms with Gasteiger partial charge in [0.1, 0.15) is 5.78 Å². The molecular weight excluding hydrogens is 360 g/mol. The number of Topliss-reactive ketones (excluding diaryl/α,β-unsaturated/α-hetero) is 1. The third kappa shape index (κ3) is 7.12. The summed E-state index contributed by atoms with van der Waals surface area (Å²) in [6.45, 7) is 12.6. The summed E-state index contributed by atoms with van der Waals surface area (Å²) < 4.78 is 10.6. The summed E-state index contributed by atoms with van der Waals surface area (Å²) in [6, 6.07) is 0. The van der Waals surface area contributed by atoms with E-state index in [1.54, 1.807) is 27.7 Å². The van der Waals surface area contributed by atoms with Gasteiger partial charge in [0.15, 0.2) is 0 Å². The van der Waals surface area contributed by atoms with Crippen molar-refractivity contribution in [1.29, 1.82) is 0 Å². The first kappa shape index (κ1) is 25.1. The maximum atomic E-state index is 13.0. The molecule has 1 heterocycles. The average Bonchev–Trinajstić information content (AvgIpc) is 3.34. The van der Waals surface area contributed by atoms with E-state index in [4.69, 9.17) is 9.47 Å². The van der Waals surface area contributed by atoms with E-state index >= 15 is 0 Å². The fourth-order valence-electron chi connectivity index (χ4n) is 3.51. The second kappa shape index (κ2) is 10.7. The number of carbonyl (C=O) groups is 2. The molecule has 1 saturated heterocycles. The van der Waals surface area contributed by atoms with Gasteiger partial charge in [0, 0.05) is 5.92 Å². The standard InChI is InChI=1S/C22H40O6/c1-8-14(3)27-19(24)12-18(23)22(6,7)21(26)15(4)20(25)13(2)10-9-11-17-16(5)28-17/h13-18,20,23,25H,8-12H2,1-7H3/t13-,14?,15+,16-,17+,18-,20-/m0/s1. The summed E-state index contributed by atoms with van der Waals surface area (Å²) in [5.41, 5.74) is -1.15. The Morgan fingerprint density at radius 1 is 1.18 bits per heavy atom. The molecule has 0 saturated carbocycles. The Morgan fingerprint density at radius 2 is 1.75 bits per heavy atom. The van der Waals surface area contributed by atoms with Crippen LogP contribution >= 0.6 is 0 Å². The maximum absolute atomic E-state index is 13.0. The highest BCUT2D eigenvalue weighted by Gasteiger charge is 2.42. The zero-order chi connectivity index (χ0) is 21.6.